The van der Waals surface area contributed by atoms with Gasteiger partial charge in [0.15, 0.2) is 5.13 Å². The number of aliphatic hydroxyl groups excluding tert-OH is 1. The van der Waals surface area contributed by atoms with E-state index in [-0.39, 0.29) is 40.9 Å². The molecule has 3 heterocycles. The van der Waals surface area contributed by atoms with Gasteiger partial charge >= 0.3 is 0 Å². The molecule has 0 bridgehead atoms. The molecule has 184 valence electrons. The molecule has 1 saturated carbocycles. The summed E-state index contributed by atoms with van der Waals surface area (Å²) in [4.78, 5) is 34.5. The van der Waals surface area contributed by atoms with E-state index in [1.807, 2.05) is 41.1 Å². The Labute approximate surface area is 213 Å². The van der Waals surface area contributed by atoms with Crippen molar-refractivity contribution in [2.45, 2.75) is 52.1 Å². The molecule has 9 heteroatoms. The number of hydrogen-bond donors (Lipinski definition) is 2. The van der Waals surface area contributed by atoms with Crippen molar-refractivity contribution in [3.63, 3.8) is 0 Å². The standard InChI is InChI=1S/C25H33N3O3S3/c1-14(23(31)28-8-11-32-12-9-28)16-6-7-25(3)13-18-20(15(2)19(25)21(16)29)26-24(34-18)27-22(30)17-5-4-10-33-17/h4-5,10,14-16,19,21,29H,6-9,11-13H2,1-3H3,(H,26,27,30)/t14-,15-,16-,19+,21-,25-/m0/s1. The van der Waals surface area contributed by atoms with Crippen molar-refractivity contribution in [2.24, 2.45) is 23.2 Å². The van der Waals surface area contributed by atoms with Gasteiger partial charge in [0.2, 0.25) is 5.91 Å². The number of amides is 2. The van der Waals surface area contributed by atoms with E-state index >= 15 is 0 Å². The first-order valence-electron chi connectivity index (χ1n) is 12.2. The van der Waals surface area contributed by atoms with Crippen LogP contribution in [0.1, 0.15) is 59.8 Å². The Balaban J connectivity index is 1.34. The first-order chi connectivity index (χ1) is 16.3. The normalized spacial score (nSPS) is 31.9. The highest BCUT2D eigenvalue weighted by Gasteiger charge is 2.54. The molecule has 2 aromatic heterocycles. The van der Waals surface area contributed by atoms with Gasteiger partial charge in [-0.25, -0.2) is 4.98 Å². The summed E-state index contributed by atoms with van der Waals surface area (Å²) in [6.45, 7) is 8.09. The molecule has 2 aromatic rings. The minimum atomic E-state index is -0.536. The van der Waals surface area contributed by atoms with Gasteiger partial charge in [-0.1, -0.05) is 26.8 Å². The fourth-order valence-corrected chi connectivity index (χ4v) is 9.20. The second-order valence-corrected chi connectivity index (χ2v) is 13.6. The lowest BCUT2D eigenvalue weighted by molar-refractivity contribution is -0.144. The summed E-state index contributed by atoms with van der Waals surface area (Å²) >= 11 is 4.89. The quantitative estimate of drug-likeness (QED) is 0.611. The second kappa shape index (κ2) is 9.56. The summed E-state index contributed by atoms with van der Waals surface area (Å²) in [5.74, 6) is 2.00. The van der Waals surface area contributed by atoms with E-state index in [1.165, 1.54) is 16.2 Å². The maximum Gasteiger partial charge on any atom is 0.267 e. The molecule has 6 nitrogen and oxygen atoms in total. The molecule has 5 rings (SSSR count). The third-order valence-corrected chi connectivity index (χ3v) is 11.0. The molecule has 34 heavy (non-hydrogen) atoms. The van der Waals surface area contributed by atoms with Crippen LogP contribution in [0.15, 0.2) is 17.5 Å². The molecular formula is C25H33N3O3S3. The summed E-state index contributed by atoms with van der Waals surface area (Å²) in [6.07, 6.45) is 2.18. The molecule has 2 amide bonds. The van der Waals surface area contributed by atoms with Crippen LogP contribution in [0.4, 0.5) is 5.13 Å². The van der Waals surface area contributed by atoms with Crippen LogP contribution in [0.25, 0.3) is 0 Å². The molecule has 1 saturated heterocycles. The van der Waals surface area contributed by atoms with Gasteiger partial charge in [-0.15, -0.1) is 22.7 Å². The molecule has 1 aliphatic heterocycles. The van der Waals surface area contributed by atoms with Crippen molar-refractivity contribution in [3.05, 3.63) is 33.0 Å². The number of rotatable bonds is 4. The molecule has 6 atom stereocenters. The number of carbonyl (C=O) groups is 2. The highest BCUT2D eigenvalue weighted by molar-refractivity contribution is 7.99. The van der Waals surface area contributed by atoms with E-state index in [1.54, 1.807) is 11.3 Å². The van der Waals surface area contributed by atoms with Crippen LogP contribution in [0.3, 0.4) is 0 Å². The van der Waals surface area contributed by atoms with Crippen LogP contribution in [0.2, 0.25) is 0 Å². The van der Waals surface area contributed by atoms with Crippen LogP contribution < -0.4 is 5.32 Å². The lowest BCUT2D eigenvalue weighted by atomic mass is 9.53. The smallest absolute Gasteiger partial charge is 0.267 e. The summed E-state index contributed by atoms with van der Waals surface area (Å²) in [7, 11) is 0. The summed E-state index contributed by atoms with van der Waals surface area (Å²) < 4.78 is 0. The number of fused-ring (bicyclic) bond motifs is 2. The lowest BCUT2D eigenvalue weighted by Gasteiger charge is -2.53. The first kappa shape index (κ1) is 24.3. The number of carbonyl (C=O) groups excluding carboxylic acids is 2. The van der Waals surface area contributed by atoms with Crippen LogP contribution in [0, 0.1) is 23.2 Å². The third-order valence-electron chi connectivity index (χ3n) is 8.24. The molecule has 0 spiro atoms. The van der Waals surface area contributed by atoms with Gasteiger partial charge in [-0.05, 0) is 48.0 Å². The van der Waals surface area contributed by atoms with Crippen molar-refractivity contribution in [1.29, 1.82) is 0 Å². The average molecular weight is 520 g/mol. The average Bonchev–Trinajstić information content (AvgIpc) is 3.49. The second-order valence-electron chi connectivity index (χ2n) is 10.3. The molecule has 0 aromatic carbocycles. The highest BCUT2D eigenvalue weighted by Crippen LogP contribution is 2.57. The topological polar surface area (TPSA) is 82.5 Å². The largest absolute Gasteiger partial charge is 0.392 e. The number of thiazole rings is 1. The van der Waals surface area contributed by atoms with Crippen LogP contribution in [-0.4, -0.2) is 57.5 Å². The predicted octanol–water partition coefficient (Wildman–Crippen LogP) is 4.72. The summed E-state index contributed by atoms with van der Waals surface area (Å²) in [5.41, 5.74) is 0.967. The fourth-order valence-electron chi connectivity index (χ4n) is 6.42. The minimum Gasteiger partial charge on any atom is -0.392 e. The number of aliphatic hydroxyl groups is 1. The van der Waals surface area contributed by atoms with Crippen molar-refractivity contribution in [1.82, 2.24) is 9.88 Å². The molecule has 2 N–H and O–H groups in total. The molecule has 0 unspecified atom stereocenters. The van der Waals surface area contributed by atoms with Crippen molar-refractivity contribution >= 4 is 51.4 Å². The molecule has 3 aliphatic rings. The van der Waals surface area contributed by atoms with Gasteiger partial charge in [0, 0.05) is 41.3 Å². The Morgan fingerprint density at radius 2 is 2.09 bits per heavy atom. The van der Waals surface area contributed by atoms with Crippen molar-refractivity contribution in [2.75, 3.05) is 29.9 Å². The predicted molar refractivity (Wildman–Crippen MR) is 140 cm³/mol. The lowest BCUT2D eigenvalue weighted by Crippen LogP contribution is -2.54. The Kier molecular flexibility index (Phi) is 6.83. The molecular weight excluding hydrogens is 486 g/mol. The zero-order valence-electron chi connectivity index (χ0n) is 20.0. The van der Waals surface area contributed by atoms with Gasteiger partial charge in [0.25, 0.3) is 5.91 Å². The van der Waals surface area contributed by atoms with Gasteiger partial charge in [0.05, 0.1) is 16.7 Å². The number of nitrogens with zero attached hydrogens (tertiary/aromatic N) is 2. The number of aromatic nitrogens is 1. The number of hydrogen-bond acceptors (Lipinski definition) is 7. The first-order valence-corrected chi connectivity index (χ1v) is 15.0. The van der Waals surface area contributed by atoms with E-state index in [4.69, 9.17) is 4.98 Å². The third kappa shape index (κ3) is 4.33. The van der Waals surface area contributed by atoms with E-state index in [0.717, 1.165) is 49.6 Å². The van der Waals surface area contributed by atoms with Gasteiger partial charge < -0.3 is 10.0 Å². The SMILES string of the molecule is C[C@H](C(=O)N1CCSCC1)[C@@H]1CC[C@@]2(C)Cc3sc(NC(=O)c4cccs4)nc3[C@@H](C)[C@@H]2[C@H]1O. The Bertz CT molecular complexity index is 1050. The maximum absolute atomic E-state index is 13.2. The van der Waals surface area contributed by atoms with Gasteiger partial charge in [0.1, 0.15) is 0 Å². The monoisotopic (exact) mass is 519 g/mol. The maximum atomic E-state index is 13.2. The summed E-state index contributed by atoms with van der Waals surface area (Å²) in [6, 6.07) is 3.68. The zero-order valence-corrected chi connectivity index (χ0v) is 22.4. The fraction of sp³-hybridized carbons (Fsp3) is 0.640. The van der Waals surface area contributed by atoms with Crippen molar-refractivity contribution in [3.8, 4) is 0 Å². The molecule has 2 aliphatic carbocycles. The number of nitrogens with one attached hydrogen (secondary N) is 1. The Morgan fingerprint density at radius 3 is 2.79 bits per heavy atom. The van der Waals surface area contributed by atoms with Crippen LogP contribution in [0.5, 0.6) is 0 Å². The number of anilines is 1. The molecule has 0 radical (unpaired) electrons. The number of thiophene rings is 1. The van der Waals surface area contributed by atoms with E-state index in [2.05, 4.69) is 19.2 Å². The zero-order chi connectivity index (χ0) is 24.0. The number of thioether (sulfide) groups is 1. The van der Waals surface area contributed by atoms with E-state index in [9.17, 15) is 14.7 Å². The Morgan fingerprint density at radius 1 is 1.32 bits per heavy atom. The van der Waals surface area contributed by atoms with Crippen LogP contribution >= 0.6 is 34.4 Å². The minimum absolute atomic E-state index is 0.0270. The van der Waals surface area contributed by atoms with Gasteiger partial charge in [-0.3, -0.25) is 14.9 Å². The van der Waals surface area contributed by atoms with Gasteiger partial charge in [-0.2, -0.15) is 11.8 Å². The summed E-state index contributed by atoms with van der Waals surface area (Å²) in [5, 5.41) is 17.1. The highest BCUT2D eigenvalue weighted by atomic mass is 32.2. The van der Waals surface area contributed by atoms with Crippen molar-refractivity contribution < 1.29 is 14.7 Å². The van der Waals surface area contributed by atoms with E-state index < -0.39 is 6.10 Å². The Hall–Kier alpha value is -1.42. The molecule has 2 fully saturated rings. The van der Waals surface area contributed by atoms with Crippen LogP contribution in [-0.2, 0) is 11.2 Å². The van der Waals surface area contributed by atoms with E-state index in [0.29, 0.717) is 10.0 Å².